The summed E-state index contributed by atoms with van der Waals surface area (Å²) in [7, 11) is 0. The number of carbonyl (C=O) groups is 1. The number of rotatable bonds is 7. The van der Waals surface area contributed by atoms with Gasteiger partial charge in [0.05, 0.1) is 16.8 Å². The Kier molecular flexibility index (Phi) is 6.01. The van der Waals surface area contributed by atoms with Crippen LogP contribution in [0.3, 0.4) is 0 Å². The molecule has 7 heteroatoms. The average molecular weight is 415 g/mol. The second-order valence-electron chi connectivity index (χ2n) is 5.74. The molecule has 1 aromatic carbocycles. The third-order valence-electron chi connectivity index (χ3n) is 3.88. The van der Waals surface area contributed by atoms with Gasteiger partial charge in [-0.25, -0.2) is 0 Å². The number of para-hydroxylation sites is 1. The van der Waals surface area contributed by atoms with Crippen molar-refractivity contribution in [2.75, 3.05) is 11.9 Å². The summed E-state index contributed by atoms with van der Waals surface area (Å²) in [5.74, 6) is 1.24. The van der Waals surface area contributed by atoms with E-state index in [9.17, 15) is 4.79 Å². The van der Waals surface area contributed by atoms with Crippen LogP contribution in [0.15, 0.2) is 53.3 Å². The standard InChI is InChI=1S/C19H19BrN4O2/c1-13-18(14-8-10-21-11-9-14)23-24-19(13)22-17(25)7-4-12-26-16-6-3-2-5-15(16)20/h2-3,5-6,8-11H,4,7,12H2,1H3,(H2,22,23,24,25). The summed E-state index contributed by atoms with van der Waals surface area (Å²) in [4.78, 5) is 16.2. The van der Waals surface area contributed by atoms with Crippen LogP contribution in [0.5, 0.6) is 5.75 Å². The van der Waals surface area contributed by atoms with Crippen molar-refractivity contribution in [2.24, 2.45) is 0 Å². The molecular weight excluding hydrogens is 396 g/mol. The smallest absolute Gasteiger partial charge is 0.225 e. The first-order valence-corrected chi connectivity index (χ1v) is 9.07. The van der Waals surface area contributed by atoms with Gasteiger partial charge in [0.1, 0.15) is 5.75 Å². The molecule has 3 rings (SSSR count). The van der Waals surface area contributed by atoms with Gasteiger partial charge in [-0.05, 0) is 53.5 Å². The van der Waals surface area contributed by atoms with Gasteiger partial charge >= 0.3 is 0 Å². The fraction of sp³-hybridized carbons (Fsp3) is 0.211. The van der Waals surface area contributed by atoms with Gasteiger partial charge in [0, 0.05) is 29.9 Å². The predicted molar refractivity (Wildman–Crippen MR) is 104 cm³/mol. The zero-order chi connectivity index (χ0) is 18.4. The molecule has 0 saturated carbocycles. The molecule has 26 heavy (non-hydrogen) atoms. The lowest BCUT2D eigenvalue weighted by Crippen LogP contribution is -2.13. The monoisotopic (exact) mass is 414 g/mol. The Morgan fingerprint density at radius 3 is 2.77 bits per heavy atom. The Hall–Kier alpha value is -2.67. The minimum atomic E-state index is -0.0865. The maximum absolute atomic E-state index is 12.1. The van der Waals surface area contributed by atoms with Gasteiger partial charge in [0.15, 0.2) is 5.82 Å². The molecule has 2 N–H and O–H groups in total. The highest BCUT2D eigenvalue weighted by Gasteiger charge is 2.13. The molecule has 0 saturated heterocycles. The normalized spacial score (nSPS) is 10.5. The van der Waals surface area contributed by atoms with E-state index in [1.54, 1.807) is 12.4 Å². The fourth-order valence-electron chi connectivity index (χ4n) is 2.49. The van der Waals surface area contributed by atoms with Gasteiger partial charge in [-0.1, -0.05) is 12.1 Å². The van der Waals surface area contributed by atoms with Crippen LogP contribution in [0.4, 0.5) is 5.82 Å². The van der Waals surface area contributed by atoms with Crippen molar-refractivity contribution in [2.45, 2.75) is 19.8 Å². The van der Waals surface area contributed by atoms with Crippen LogP contribution in [0.1, 0.15) is 18.4 Å². The first-order chi connectivity index (χ1) is 12.6. The van der Waals surface area contributed by atoms with Gasteiger partial charge in [-0.2, -0.15) is 5.10 Å². The van der Waals surface area contributed by atoms with E-state index in [0.29, 0.717) is 25.3 Å². The molecule has 0 aliphatic carbocycles. The first-order valence-electron chi connectivity index (χ1n) is 8.27. The highest BCUT2D eigenvalue weighted by Crippen LogP contribution is 2.26. The Morgan fingerprint density at radius 1 is 1.23 bits per heavy atom. The lowest BCUT2D eigenvalue weighted by Gasteiger charge is -2.08. The fourth-order valence-corrected chi connectivity index (χ4v) is 2.89. The third kappa shape index (κ3) is 4.49. The number of pyridine rings is 1. The molecule has 6 nitrogen and oxygen atoms in total. The summed E-state index contributed by atoms with van der Waals surface area (Å²) in [6.07, 6.45) is 4.42. The highest BCUT2D eigenvalue weighted by atomic mass is 79.9. The summed E-state index contributed by atoms with van der Waals surface area (Å²) in [6.45, 7) is 2.39. The number of ether oxygens (including phenoxy) is 1. The Labute approximate surface area is 160 Å². The van der Waals surface area contributed by atoms with Crippen molar-refractivity contribution in [3.05, 3.63) is 58.8 Å². The van der Waals surface area contributed by atoms with Crippen molar-refractivity contribution in [3.8, 4) is 17.0 Å². The molecule has 0 fully saturated rings. The summed E-state index contributed by atoms with van der Waals surface area (Å²) >= 11 is 3.43. The van der Waals surface area contributed by atoms with Crippen LogP contribution in [0.2, 0.25) is 0 Å². The maximum Gasteiger partial charge on any atom is 0.225 e. The quantitative estimate of drug-likeness (QED) is 0.563. The topological polar surface area (TPSA) is 79.9 Å². The number of aromatic amines is 1. The zero-order valence-electron chi connectivity index (χ0n) is 14.3. The molecule has 0 atom stereocenters. The van der Waals surface area contributed by atoms with Crippen molar-refractivity contribution >= 4 is 27.7 Å². The van der Waals surface area contributed by atoms with E-state index in [1.165, 1.54) is 0 Å². The van der Waals surface area contributed by atoms with Crippen molar-refractivity contribution in [1.82, 2.24) is 15.2 Å². The summed E-state index contributed by atoms with van der Waals surface area (Å²) < 4.78 is 6.57. The van der Waals surface area contributed by atoms with Crippen LogP contribution in [-0.4, -0.2) is 27.7 Å². The summed E-state index contributed by atoms with van der Waals surface area (Å²) in [5, 5.41) is 10.0. The largest absolute Gasteiger partial charge is 0.492 e. The van der Waals surface area contributed by atoms with Crippen LogP contribution in [-0.2, 0) is 4.79 Å². The summed E-state index contributed by atoms with van der Waals surface area (Å²) in [6, 6.07) is 11.4. The predicted octanol–water partition coefficient (Wildman–Crippen LogP) is 4.34. The minimum absolute atomic E-state index is 0.0865. The second kappa shape index (κ2) is 8.62. The number of amides is 1. The number of nitrogens with one attached hydrogen (secondary N) is 2. The van der Waals surface area contributed by atoms with Crippen molar-refractivity contribution < 1.29 is 9.53 Å². The Morgan fingerprint density at radius 2 is 2.00 bits per heavy atom. The van der Waals surface area contributed by atoms with E-state index in [4.69, 9.17) is 4.74 Å². The molecule has 0 radical (unpaired) electrons. The maximum atomic E-state index is 12.1. The van der Waals surface area contributed by atoms with Crippen molar-refractivity contribution in [1.29, 1.82) is 0 Å². The van der Waals surface area contributed by atoms with E-state index in [1.807, 2.05) is 43.3 Å². The average Bonchev–Trinajstić information content (AvgIpc) is 3.01. The van der Waals surface area contributed by atoms with Crippen LogP contribution >= 0.6 is 15.9 Å². The molecule has 1 amide bonds. The first kappa shape index (κ1) is 18.1. The van der Waals surface area contributed by atoms with E-state index in [0.717, 1.165) is 27.0 Å². The highest BCUT2D eigenvalue weighted by molar-refractivity contribution is 9.10. The molecule has 0 spiro atoms. The SMILES string of the molecule is Cc1c(NC(=O)CCCOc2ccccc2Br)n[nH]c1-c1ccncc1. The van der Waals surface area contributed by atoms with Crippen LogP contribution in [0.25, 0.3) is 11.3 Å². The minimum Gasteiger partial charge on any atom is -0.492 e. The van der Waals surface area contributed by atoms with Gasteiger partial charge in [0.25, 0.3) is 0 Å². The number of anilines is 1. The molecule has 2 heterocycles. The molecule has 3 aromatic rings. The number of nitrogens with zero attached hydrogens (tertiary/aromatic N) is 2. The molecule has 134 valence electrons. The van der Waals surface area contributed by atoms with E-state index >= 15 is 0 Å². The Bertz CT molecular complexity index is 880. The van der Waals surface area contributed by atoms with Crippen LogP contribution in [0, 0.1) is 6.92 Å². The van der Waals surface area contributed by atoms with Crippen LogP contribution < -0.4 is 10.1 Å². The molecule has 0 unspecified atom stereocenters. The van der Waals surface area contributed by atoms with Gasteiger partial charge in [-0.3, -0.25) is 14.9 Å². The molecule has 0 aliphatic rings. The van der Waals surface area contributed by atoms with E-state index in [-0.39, 0.29) is 5.91 Å². The van der Waals surface area contributed by atoms with Gasteiger partial charge in [-0.15, -0.1) is 0 Å². The number of H-pyrrole nitrogens is 1. The lowest BCUT2D eigenvalue weighted by atomic mass is 10.1. The molecule has 2 aromatic heterocycles. The van der Waals surface area contributed by atoms with Crippen molar-refractivity contribution in [3.63, 3.8) is 0 Å². The Balaban J connectivity index is 1.50. The zero-order valence-corrected chi connectivity index (χ0v) is 15.9. The number of hydrogen-bond donors (Lipinski definition) is 2. The number of hydrogen-bond acceptors (Lipinski definition) is 4. The number of halogens is 1. The summed E-state index contributed by atoms with van der Waals surface area (Å²) in [5.41, 5.74) is 2.75. The molecule has 0 bridgehead atoms. The molecule has 0 aliphatic heterocycles. The van der Waals surface area contributed by atoms with Gasteiger partial charge < -0.3 is 10.1 Å². The second-order valence-corrected chi connectivity index (χ2v) is 6.59. The molecular formula is C19H19BrN4O2. The number of carbonyl (C=O) groups excluding carboxylic acids is 1. The third-order valence-corrected chi connectivity index (χ3v) is 4.53. The number of aromatic nitrogens is 3. The lowest BCUT2D eigenvalue weighted by molar-refractivity contribution is -0.116. The number of benzene rings is 1. The van der Waals surface area contributed by atoms with Gasteiger partial charge in [0.2, 0.25) is 5.91 Å². The van der Waals surface area contributed by atoms with E-state index < -0.39 is 0 Å². The van der Waals surface area contributed by atoms with E-state index in [2.05, 4.69) is 36.4 Å².